The van der Waals surface area contributed by atoms with Gasteiger partial charge in [0.1, 0.15) is 5.76 Å². The predicted molar refractivity (Wildman–Crippen MR) is 94.4 cm³/mol. The minimum absolute atomic E-state index is 0.0219. The Morgan fingerprint density at radius 2 is 2.00 bits per heavy atom. The molecule has 25 heavy (non-hydrogen) atoms. The van der Waals surface area contributed by atoms with Gasteiger partial charge in [-0.3, -0.25) is 4.79 Å². The fraction of sp³-hybridized carbons (Fsp3) is 0.526. The molecule has 132 valence electrons. The molecule has 0 bridgehead atoms. The lowest BCUT2D eigenvalue weighted by molar-refractivity contribution is 0.0514. The summed E-state index contributed by atoms with van der Waals surface area (Å²) < 4.78 is 5.59. The van der Waals surface area contributed by atoms with E-state index >= 15 is 0 Å². The van der Waals surface area contributed by atoms with Crippen molar-refractivity contribution < 1.29 is 9.21 Å². The number of carbonyl (C=O) groups excluding carboxylic acids is 1. The Kier molecular flexibility index (Phi) is 4.42. The third kappa shape index (κ3) is 3.25. The lowest BCUT2D eigenvalue weighted by Crippen LogP contribution is -2.41. The van der Waals surface area contributed by atoms with Crippen molar-refractivity contribution in [2.24, 2.45) is 5.92 Å². The molecule has 0 saturated carbocycles. The number of amides is 1. The summed E-state index contributed by atoms with van der Waals surface area (Å²) in [6.45, 7) is 4.99. The maximum atomic E-state index is 13.0. The maximum absolute atomic E-state index is 13.0. The Balaban J connectivity index is 1.54. The average molecular weight is 340 g/mol. The van der Waals surface area contributed by atoms with Crippen molar-refractivity contribution in [3.05, 3.63) is 42.0 Å². The van der Waals surface area contributed by atoms with Crippen LogP contribution in [0.2, 0.25) is 0 Å². The Morgan fingerprint density at radius 3 is 2.68 bits per heavy atom. The predicted octanol–water partition coefficient (Wildman–Crippen LogP) is 3.28. The van der Waals surface area contributed by atoms with E-state index in [0.29, 0.717) is 11.6 Å². The van der Waals surface area contributed by atoms with Gasteiger partial charge in [0, 0.05) is 19.6 Å². The minimum atomic E-state index is -0.0613. The van der Waals surface area contributed by atoms with Gasteiger partial charge in [0.15, 0.2) is 11.5 Å². The number of anilines is 1. The van der Waals surface area contributed by atoms with E-state index in [0.717, 1.165) is 44.1 Å². The number of piperidine rings is 1. The van der Waals surface area contributed by atoms with Crippen LogP contribution in [-0.4, -0.2) is 40.6 Å². The zero-order chi connectivity index (χ0) is 17.2. The average Bonchev–Trinajstić information content (AvgIpc) is 3.35. The molecule has 2 aliphatic rings. The number of hydrogen-bond acceptors (Lipinski definition) is 5. The summed E-state index contributed by atoms with van der Waals surface area (Å²) in [6, 6.07) is 7.53. The summed E-state index contributed by atoms with van der Waals surface area (Å²) in [7, 11) is 0. The Bertz CT molecular complexity index is 708. The van der Waals surface area contributed by atoms with Crippen molar-refractivity contribution in [3.8, 4) is 0 Å². The van der Waals surface area contributed by atoms with Crippen LogP contribution in [0.1, 0.15) is 54.9 Å². The molecular weight excluding hydrogens is 316 g/mol. The number of rotatable bonds is 3. The first kappa shape index (κ1) is 16.1. The van der Waals surface area contributed by atoms with Crippen LogP contribution in [0.3, 0.4) is 0 Å². The van der Waals surface area contributed by atoms with Gasteiger partial charge in [-0.1, -0.05) is 6.92 Å². The molecule has 2 aromatic heterocycles. The largest absolute Gasteiger partial charge is 0.467 e. The zero-order valence-electron chi connectivity index (χ0n) is 14.6. The van der Waals surface area contributed by atoms with Gasteiger partial charge in [0.05, 0.1) is 12.3 Å². The van der Waals surface area contributed by atoms with Crippen LogP contribution in [0, 0.1) is 5.92 Å². The molecular formula is C19H24N4O2. The quantitative estimate of drug-likeness (QED) is 0.858. The first-order valence-electron chi connectivity index (χ1n) is 9.15. The molecule has 2 aliphatic heterocycles. The highest BCUT2D eigenvalue weighted by atomic mass is 16.3. The van der Waals surface area contributed by atoms with Gasteiger partial charge in [-0.2, -0.15) is 0 Å². The van der Waals surface area contributed by atoms with E-state index in [1.807, 2.05) is 23.1 Å². The van der Waals surface area contributed by atoms with Crippen LogP contribution in [0.25, 0.3) is 0 Å². The van der Waals surface area contributed by atoms with Crippen molar-refractivity contribution in [1.29, 1.82) is 0 Å². The van der Waals surface area contributed by atoms with Gasteiger partial charge in [-0.05, 0) is 55.9 Å². The van der Waals surface area contributed by atoms with E-state index in [1.54, 1.807) is 12.3 Å². The molecule has 1 amide bonds. The minimum Gasteiger partial charge on any atom is -0.467 e. The summed E-state index contributed by atoms with van der Waals surface area (Å²) >= 11 is 0. The van der Waals surface area contributed by atoms with Crippen LogP contribution in [0.4, 0.5) is 5.82 Å². The molecule has 0 radical (unpaired) electrons. The topological polar surface area (TPSA) is 62.5 Å². The zero-order valence-corrected chi connectivity index (χ0v) is 14.6. The van der Waals surface area contributed by atoms with Gasteiger partial charge in [0.25, 0.3) is 5.91 Å². The smallest absolute Gasteiger partial charge is 0.274 e. The number of furan rings is 1. The lowest BCUT2D eigenvalue weighted by atomic mass is 9.91. The van der Waals surface area contributed by atoms with E-state index < -0.39 is 0 Å². The highest BCUT2D eigenvalue weighted by Crippen LogP contribution is 2.35. The Morgan fingerprint density at radius 1 is 1.16 bits per heavy atom. The van der Waals surface area contributed by atoms with Crippen LogP contribution in [0.5, 0.6) is 0 Å². The molecule has 6 heteroatoms. The van der Waals surface area contributed by atoms with Crippen LogP contribution in [0.15, 0.2) is 34.9 Å². The second-order valence-corrected chi connectivity index (χ2v) is 7.13. The number of aromatic nitrogens is 2. The summed E-state index contributed by atoms with van der Waals surface area (Å²) in [5.74, 6) is 2.22. The van der Waals surface area contributed by atoms with Gasteiger partial charge in [-0.25, -0.2) is 0 Å². The van der Waals surface area contributed by atoms with E-state index in [1.165, 1.54) is 12.8 Å². The highest BCUT2D eigenvalue weighted by molar-refractivity contribution is 5.92. The van der Waals surface area contributed by atoms with E-state index in [9.17, 15) is 4.79 Å². The fourth-order valence-electron chi connectivity index (χ4n) is 3.84. The molecule has 6 nitrogen and oxygen atoms in total. The molecule has 2 aromatic rings. The SMILES string of the molecule is C[C@H]1CCN(C(=O)c2ccc(N3CCCC3)nn2)[C@H](c2ccco2)C1. The summed E-state index contributed by atoms with van der Waals surface area (Å²) in [5.41, 5.74) is 0.411. The van der Waals surface area contributed by atoms with Gasteiger partial charge in [-0.15, -0.1) is 10.2 Å². The lowest BCUT2D eigenvalue weighted by Gasteiger charge is -2.37. The van der Waals surface area contributed by atoms with Crippen LogP contribution < -0.4 is 4.90 Å². The molecule has 0 spiro atoms. The third-order valence-electron chi connectivity index (χ3n) is 5.30. The second-order valence-electron chi connectivity index (χ2n) is 7.13. The molecule has 2 atom stereocenters. The number of carbonyl (C=O) groups is 1. The van der Waals surface area contributed by atoms with Crippen molar-refractivity contribution in [1.82, 2.24) is 15.1 Å². The second kappa shape index (κ2) is 6.86. The van der Waals surface area contributed by atoms with Crippen LogP contribution >= 0.6 is 0 Å². The maximum Gasteiger partial charge on any atom is 0.274 e. The Hall–Kier alpha value is -2.37. The molecule has 0 aliphatic carbocycles. The van der Waals surface area contributed by atoms with Crippen molar-refractivity contribution in [2.75, 3.05) is 24.5 Å². The van der Waals surface area contributed by atoms with Crippen LogP contribution in [-0.2, 0) is 0 Å². The monoisotopic (exact) mass is 340 g/mol. The number of hydrogen-bond donors (Lipinski definition) is 0. The molecule has 2 saturated heterocycles. The van der Waals surface area contributed by atoms with Crippen molar-refractivity contribution >= 4 is 11.7 Å². The summed E-state index contributed by atoms with van der Waals surface area (Å²) in [6.07, 6.45) is 5.97. The molecule has 2 fully saturated rings. The molecule has 0 aromatic carbocycles. The fourth-order valence-corrected chi connectivity index (χ4v) is 3.84. The normalized spacial score (nSPS) is 23.9. The number of nitrogens with zero attached hydrogens (tertiary/aromatic N) is 4. The molecule has 4 rings (SSSR count). The summed E-state index contributed by atoms with van der Waals surface area (Å²) in [5, 5.41) is 8.50. The molecule has 0 unspecified atom stereocenters. The first-order valence-corrected chi connectivity index (χ1v) is 9.15. The molecule has 4 heterocycles. The standard InChI is InChI=1S/C19H24N4O2/c1-14-8-11-23(16(13-14)17-5-4-12-25-17)19(24)15-6-7-18(21-20-15)22-9-2-3-10-22/h4-7,12,14,16H,2-3,8-11,13H2,1H3/t14-,16-/m0/s1. The summed E-state index contributed by atoms with van der Waals surface area (Å²) in [4.78, 5) is 17.1. The van der Waals surface area contributed by atoms with Gasteiger partial charge >= 0.3 is 0 Å². The van der Waals surface area contributed by atoms with E-state index in [2.05, 4.69) is 22.0 Å². The number of likely N-dealkylation sites (tertiary alicyclic amines) is 1. The first-order chi connectivity index (χ1) is 12.2. The van der Waals surface area contributed by atoms with Gasteiger partial charge < -0.3 is 14.2 Å². The molecule has 0 N–H and O–H groups in total. The van der Waals surface area contributed by atoms with Crippen molar-refractivity contribution in [3.63, 3.8) is 0 Å². The third-order valence-corrected chi connectivity index (χ3v) is 5.30. The Labute approximate surface area is 147 Å². The van der Waals surface area contributed by atoms with E-state index in [-0.39, 0.29) is 11.9 Å². The van der Waals surface area contributed by atoms with E-state index in [4.69, 9.17) is 4.42 Å². The van der Waals surface area contributed by atoms with Gasteiger partial charge in [0.2, 0.25) is 0 Å². The van der Waals surface area contributed by atoms with Crippen molar-refractivity contribution in [2.45, 2.75) is 38.6 Å². The highest BCUT2D eigenvalue weighted by Gasteiger charge is 2.34.